The van der Waals surface area contributed by atoms with E-state index in [-0.39, 0.29) is 5.78 Å². The van der Waals surface area contributed by atoms with Gasteiger partial charge in [-0.05, 0) is 44.0 Å². The van der Waals surface area contributed by atoms with Gasteiger partial charge >= 0.3 is 0 Å². The molecule has 76 valence electrons. The van der Waals surface area contributed by atoms with Gasteiger partial charge < -0.3 is 4.74 Å². The average Bonchev–Trinajstić information content (AvgIpc) is 2.16. The van der Waals surface area contributed by atoms with E-state index in [0.717, 1.165) is 8.95 Å². The van der Waals surface area contributed by atoms with Gasteiger partial charge in [-0.1, -0.05) is 15.9 Å². The summed E-state index contributed by atoms with van der Waals surface area (Å²) in [5.41, 5.74) is 0.640. The number of benzene rings is 1. The number of carbonyl (C=O) groups excluding carboxylic acids is 1. The molecule has 2 nitrogen and oxygen atoms in total. The maximum absolute atomic E-state index is 11.4. The van der Waals surface area contributed by atoms with Gasteiger partial charge in [-0.2, -0.15) is 0 Å². The zero-order valence-corrected chi connectivity index (χ0v) is 12.1. The van der Waals surface area contributed by atoms with E-state index in [1.807, 2.05) is 0 Å². The molecule has 0 aliphatic rings. The molecule has 0 unspecified atom stereocenters. The molecule has 0 amide bonds. The fourth-order valence-corrected chi connectivity index (χ4v) is 2.83. The zero-order chi connectivity index (χ0) is 10.7. The van der Waals surface area contributed by atoms with E-state index >= 15 is 0 Å². The minimum atomic E-state index is 0.0362. The van der Waals surface area contributed by atoms with Crippen LogP contribution in [0.2, 0.25) is 0 Å². The van der Waals surface area contributed by atoms with E-state index in [1.54, 1.807) is 19.2 Å². The van der Waals surface area contributed by atoms with Crippen LogP contribution in [0.3, 0.4) is 0 Å². The lowest BCUT2D eigenvalue weighted by Crippen LogP contribution is -2.00. The van der Waals surface area contributed by atoms with Crippen molar-refractivity contribution in [1.82, 2.24) is 0 Å². The third-order valence-corrected chi connectivity index (χ3v) is 3.33. The Morgan fingerprint density at radius 2 is 1.86 bits per heavy atom. The number of Topliss-reactive ketones (excluding diaryl/α,β-unsaturated/α-hetero) is 1. The van der Waals surface area contributed by atoms with Gasteiger partial charge in [0.05, 0.1) is 21.4 Å². The lowest BCUT2D eigenvalue weighted by atomic mass is 10.1. The van der Waals surface area contributed by atoms with Crippen LogP contribution in [-0.4, -0.2) is 18.2 Å². The SMILES string of the molecule is COc1c(Br)cc(C(=O)CBr)cc1Br. The molecule has 5 heteroatoms. The molecule has 0 aliphatic heterocycles. The first-order valence-electron chi connectivity index (χ1n) is 3.72. The summed E-state index contributed by atoms with van der Waals surface area (Å²) >= 11 is 9.79. The molecule has 0 atom stereocenters. The van der Waals surface area contributed by atoms with Gasteiger partial charge in [0.25, 0.3) is 0 Å². The second-order valence-corrected chi connectivity index (χ2v) is 4.80. The third-order valence-electron chi connectivity index (χ3n) is 1.65. The van der Waals surface area contributed by atoms with Crippen molar-refractivity contribution in [3.63, 3.8) is 0 Å². The summed E-state index contributed by atoms with van der Waals surface area (Å²) in [6.07, 6.45) is 0. The Balaban J connectivity index is 3.20. The van der Waals surface area contributed by atoms with Crippen LogP contribution in [0.4, 0.5) is 0 Å². The fourth-order valence-electron chi connectivity index (χ4n) is 0.993. The van der Waals surface area contributed by atoms with Crippen molar-refractivity contribution in [2.75, 3.05) is 12.4 Å². The quantitative estimate of drug-likeness (QED) is 0.583. The Bertz CT molecular complexity index is 340. The standard InChI is InChI=1S/C9H7Br3O2/c1-14-9-6(11)2-5(3-7(9)12)8(13)4-10/h2-3H,4H2,1H3. The molecule has 0 aromatic heterocycles. The molecule has 0 aliphatic carbocycles. The molecule has 0 saturated heterocycles. The minimum Gasteiger partial charge on any atom is -0.494 e. The molecule has 0 bridgehead atoms. The number of hydrogen-bond acceptors (Lipinski definition) is 2. The molecule has 0 saturated carbocycles. The number of hydrogen-bond donors (Lipinski definition) is 0. The highest BCUT2D eigenvalue weighted by Crippen LogP contribution is 2.34. The number of carbonyl (C=O) groups is 1. The topological polar surface area (TPSA) is 26.3 Å². The van der Waals surface area contributed by atoms with E-state index in [1.165, 1.54) is 0 Å². The van der Waals surface area contributed by atoms with Crippen molar-refractivity contribution in [3.05, 3.63) is 26.6 Å². The Kier molecular flexibility index (Phi) is 4.60. The van der Waals surface area contributed by atoms with Crippen LogP contribution in [-0.2, 0) is 0 Å². The molecule has 14 heavy (non-hydrogen) atoms. The zero-order valence-electron chi connectivity index (χ0n) is 7.31. The number of ketones is 1. The largest absolute Gasteiger partial charge is 0.494 e. The first kappa shape index (κ1) is 12.2. The second kappa shape index (κ2) is 5.28. The number of rotatable bonds is 3. The molecule has 1 aromatic carbocycles. The number of alkyl halides is 1. The summed E-state index contributed by atoms with van der Waals surface area (Å²) in [4.78, 5) is 11.4. The summed E-state index contributed by atoms with van der Waals surface area (Å²) in [7, 11) is 1.58. The Morgan fingerprint density at radius 1 is 1.36 bits per heavy atom. The number of halogens is 3. The molecule has 0 heterocycles. The predicted octanol–water partition coefficient (Wildman–Crippen LogP) is 3.80. The minimum absolute atomic E-state index is 0.0362. The summed E-state index contributed by atoms with van der Waals surface area (Å²) in [6, 6.07) is 3.49. The van der Waals surface area contributed by atoms with Gasteiger partial charge in [0.2, 0.25) is 0 Å². The van der Waals surface area contributed by atoms with Gasteiger partial charge in [0.15, 0.2) is 5.78 Å². The molecule has 0 N–H and O–H groups in total. The summed E-state index contributed by atoms with van der Waals surface area (Å²) in [5, 5.41) is 0.318. The van der Waals surface area contributed by atoms with Gasteiger partial charge in [0.1, 0.15) is 5.75 Å². The van der Waals surface area contributed by atoms with Crippen molar-refractivity contribution in [1.29, 1.82) is 0 Å². The summed E-state index contributed by atoms with van der Waals surface area (Å²) in [6.45, 7) is 0. The van der Waals surface area contributed by atoms with Crippen molar-refractivity contribution < 1.29 is 9.53 Å². The third kappa shape index (κ3) is 2.58. The second-order valence-electron chi connectivity index (χ2n) is 2.53. The van der Waals surface area contributed by atoms with Gasteiger partial charge in [0, 0.05) is 5.56 Å². The molecule has 1 aromatic rings. The van der Waals surface area contributed by atoms with Crippen molar-refractivity contribution >= 4 is 53.6 Å². The van der Waals surface area contributed by atoms with E-state index in [2.05, 4.69) is 47.8 Å². The predicted molar refractivity (Wildman–Crippen MR) is 66.5 cm³/mol. The van der Waals surface area contributed by atoms with Crippen LogP contribution in [0.5, 0.6) is 5.75 Å². The Labute approximate surface area is 107 Å². The lowest BCUT2D eigenvalue weighted by Gasteiger charge is -2.07. The Hall–Kier alpha value is 0.130. The van der Waals surface area contributed by atoms with Gasteiger partial charge in [-0.3, -0.25) is 4.79 Å². The van der Waals surface area contributed by atoms with Gasteiger partial charge in [-0.15, -0.1) is 0 Å². The molecular formula is C9H7Br3O2. The summed E-state index contributed by atoms with van der Waals surface area (Å²) in [5.74, 6) is 0.727. The van der Waals surface area contributed by atoms with E-state index in [0.29, 0.717) is 16.6 Å². The normalized spacial score (nSPS) is 10.0. The van der Waals surface area contributed by atoms with Gasteiger partial charge in [-0.25, -0.2) is 0 Å². The Morgan fingerprint density at radius 3 is 2.21 bits per heavy atom. The smallest absolute Gasteiger partial charge is 0.173 e. The van der Waals surface area contributed by atoms with Crippen LogP contribution < -0.4 is 4.74 Å². The van der Waals surface area contributed by atoms with Crippen molar-refractivity contribution in [2.24, 2.45) is 0 Å². The van der Waals surface area contributed by atoms with Crippen LogP contribution in [0.25, 0.3) is 0 Å². The van der Waals surface area contributed by atoms with Crippen LogP contribution in [0.15, 0.2) is 21.1 Å². The summed E-state index contributed by atoms with van der Waals surface area (Å²) < 4.78 is 6.65. The van der Waals surface area contributed by atoms with E-state index in [9.17, 15) is 4.79 Å². The average molecular weight is 387 g/mol. The van der Waals surface area contributed by atoms with E-state index < -0.39 is 0 Å². The lowest BCUT2D eigenvalue weighted by molar-refractivity contribution is 0.102. The van der Waals surface area contributed by atoms with Crippen LogP contribution >= 0.6 is 47.8 Å². The molecule has 0 spiro atoms. The number of methoxy groups -OCH3 is 1. The maximum atomic E-state index is 11.4. The monoisotopic (exact) mass is 384 g/mol. The maximum Gasteiger partial charge on any atom is 0.173 e. The first-order chi connectivity index (χ1) is 6.60. The highest BCUT2D eigenvalue weighted by atomic mass is 79.9. The molecule has 0 radical (unpaired) electrons. The van der Waals surface area contributed by atoms with E-state index in [4.69, 9.17) is 4.74 Å². The van der Waals surface area contributed by atoms with Crippen LogP contribution in [0.1, 0.15) is 10.4 Å². The molecule has 1 rings (SSSR count). The highest BCUT2D eigenvalue weighted by Gasteiger charge is 2.11. The first-order valence-corrected chi connectivity index (χ1v) is 6.43. The van der Waals surface area contributed by atoms with Crippen molar-refractivity contribution in [3.8, 4) is 5.75 Å². The van der Waals surface area contributed by atoms with Crippen molar-refractivity contribution in [2.45, 2.75) is 0 Å². The fraction of sp³-hybridized carbons (Fsp3) is 0.222. The van der Waals surface area contributed by atoms with Crippen LogP contribution in [0, 0.1) is 0 Å². The molecular weight excluding hydrogens is 380 g/mol. The highest BCUT2D eigenvalue weighted by molar-refractivity contribution is 9.11. The number of ether oxygens (including phenoxy) is 1. The molecule has 0 fully saturated rings.